The van der Waals surface area contributed by atoms with Crippen LogP contribution in [0, 0.1) is 0 Å². The highest BCUT2D eigenvalue weighted by Gasteiger charge is 2.12. The number of halogens is 1. The van der Waals surface area contributed by atoms with Gasteiger partial charge in [0.15, 0.2) is 5.96 Å². The predicted octanol–water partition coefficient (Wildman–Crippen LogP) is 1.56. The third-order valence-electron chi connectivity index (χ3n) is 5.11. The lowest BCUT2D eigenvalue weighted by Crippen LogP contribution is -2.42. The van der Waals surface area contributed by atoms with Crippen molar-refractivity contribution < 1.29 is 9.53 Å². The molecule has 9 heteroatoms. The summed E-state index contributed by atoms with van der Waals surface area (Å²) in [6, 6.07) is 8.46. The van der Waals surface area contributed by atoms with Crippen LogP contribution >= 0.6 is 24.0 Å². The summed E-state index contributed by atoms with van der Waals surface area (Å²) in [5.74, 6) is 0.744. The molecule has 176 valence electrons. The van der Waals surface area contributed by atoms with Gasteiger partial charge in [-0.2, -0.15) is 0 Å². The van der Waals surface area contributed by atoms with Crippen molar-refractivity contribution in [2.45, 2.75) is 13.0 Å². The van der Waals surface area contributed by atoms with Crippen LogP contribution in [0.5, 0.6) is 0 Å². The van der Waals surface area contributed by atoms with E-state index in [9.17, 15) is 4.79 Å². The number of nitrogens with zero attached hydrogens (tertiary/aromatic N) is 5. The number of benzene rings is 1. The van der Waals surface area contributed by atoms with E-state index < -0.39 is 0 Å². The molecule has 1 N–H and O–H groups in total. The first-order chi connectivity index (χ1) is 14.4. The van der Waals surface area contributed by atoms with Crippen molar-refractivity contribution in [3.8, 4) is 0 Å². The monoisotopic (exact) mass is 546 g/mol. The highest BCUT2D eigenvalue weighted by molar-refractivity contribution is 14.0. The second-order valence-corrected chi connectivity index (χ2v) is 8.08. The van der Waals surface area contributed by atoms with Crippen LogP contribution in [0.1, 0.15) is 12.0 Å². The van der Waals surface area contributed by atoms with Gasteiger partial charge in [0.05, 0.1) is 13.2 Å². The molecule has 1 aliphatic heterocycles. The molecular formula is C22H39IN6O2. The largest absolute Gasteiger partial charge is 0.379 e. The fourth-order valence-corrected chi connectivity index (χ4v) is 3.20. The average Bonchev–Trinajstić information content (AvgIpc) is 2.73. The van der Waals surface area contributed by atoms with Crippen LogP contribution in [-0.4, -0.2) is 108 Å². The van der Waals surface area contributed by atoms with Crippen LogP contribution in [0.3, 0.4) is 0 Å². The van der Waals surface area contributed by atoms with Crippen LogP contribution < -0.4 is 10.2 Å². The number of ether oxygens (including phenoxy) is 1. The van der Waals surface area contributed by atoms with E-state index in [1.165, 1.54) is 11.3 Å². The zero-order valence-electron chi connectivity index (χ0n) is 19.6. The summed E-state index contributed by atoms with van der Waals surface area (Å²) in [7, 11) is 9.60. The number of guanidine groups is 1. The van der Waals surface area contributed by atoms with Gasteiger partial charge < -0.3 is 24.8 Å². The average molecular weight is 546 g/mol. The number of carbonyl (C=O) groups is 1. The molecule has 8 nitrogen and oxygen atoms in total. The SMILES string of the molecule is CN(C)C(=O)CN=C(NCCCN1CCOCC1)N(C)Cc1cccc(N(C)C)c1.I. The Bertz CT molecular complexity index is 692. The number of carbonyl (C=O) groups excluding carboxylic acids is 1. The molecule has 1 amide bonds. The summed E-state index contributed by atoms with van der Waals surface area (Å²) in [6.45, 7) is 6.35. The molecule has 1 aliphatic rings. The summed E-state index contributed by atoms with van der Waals surface area (Å²) >= 11 is 0. The minimum Gasteiger partial charge on any atom is -0.379 e. The third-order valence-corrected chi connectivity index (χ3v) is 5.11. The summed E-state index contributed by atoms with van der Waals surface area (Å²) < 4.78 is 5.41. The molecule has 1 saturated heterocycles. The van der Waals surface area contributed by atoms with Gasteiger partial charge in [-0.15, -0.1) is 24.0 Å². The van der Waals surface area contributed by atoms with Crippen molar-refractivity contribution in [2.24, 2.45) is 4.99 Å². The van der Waals surface area contributed by atoms with Gasteiger partial charge in [-0.05, 0) is 30.7 Å². The second-order valence-electron chi connectivity index (χ2n) is 8.08. The Balaban J connectivity index is 0.00000480. The standard InChI is InChI=1S/C22H38N6O2.HI/c1-25(2)20-9-6-8-19(16-20)18-27(5)22(24-17-21(29)26(3)4)23-10-7-11-28-12-14-30-15-13-28;/h6,8-9,16H,7,10-15,17-18H2,1-5H3,(H,23,24);1H. The van der Waals surface area contributed by atoms with Crippen molar-refractivity contribution in [3.05, 3.63) is 29.8 Å². The van der Waals surface area contributed by atoms with Gasteiger partial charge in [0, 0.05) is 67.1 Å². The zero-order chi connectivity index (χ0) is 21.9. The number of hydrogen-bond acceptors (Lipinski definition) is 5. The molecule has 1 aromatic rings. The molecule has 0 aromatic heterocycles. The smallest absolute Gasteiger partial charge is 0.243 e. The fraction of sp³-hybridized carbons (Fsp3) is 0.636. The Morgan fingerprint density at radius 2 is 1.87 bits per heavy atom. The fourth-order valence-electron chi connectivity index (χ4n) is 3.20. The van der Waals surface area contributed by atoms with Gasteiger partial charge in [0.2, 0.25) is 5.91 Å². The van der Waals surface area contributed by atoms with Gasteiger partial charge in [-0.25, -0.2) is 4.99 Å². The van der Waals surface area contributed by atoms with E-state index in [1.54, 1.807) is 19.0 Å². The third kappa shape index (κ3) is 10.0. The zero-order valence-corrected chi connectivity index (χ0v) is 22.0. The molecule has 0 spiro atoms. The minimum absolute atomic E-state index is 0. The van der Waals surface area contributed by atoms with E-state index in [1.807, 2.05) is 21.1 Å². The van der Waals surface area contributed by atoms with E-state index in [0.29, 0.717) is 6.54 Å². The first-order valence-electron chi connectivity index (χ1n) is 10.6. The topological polar surface area (TPSA) is 63.7 Å². The maximum Gasteiger partial charge on any atom is 0.243 e. The number of amides is 1. The van der Waals surface area contributed by atoms with Gasteiger partial charge >= 0.3 is 0 Å². The van der Waals surface area contributed by atoms with E-state index in [0.717, 1.165) is 51.8 Å². The highest BCUT2D eigenvalue weighted by atomic mass is 127. The van der Waals surface area contributed by atoms with Crippen molar-refractivity contribution in [1.82, 2.24) is 20.0 Å². The molecule has 0 aliphatic carbocycles. The van der Waals surface area contributed by atoms with E-state index >= 15 is 0 Å². The summed E-state index contributed by atoms with van der Waals surface area (Å²) in [6.07, 6.45) is 1.02. The molecule has 31 heavy (non-hydrogen) atoms. The molecule has 1 aromatic carbocycles. The maximum atomic E-state index is 12.0. The van der Waals surface area contributed by atoms with Crippen LogP contribution in [0.4, 0.5) is 5.69 Å². The van der Waals surface area contributed by atoms with Crippen molar-refractivity contribution in [2.75, 3.05) is 86.1 Å². The summed E-state index contributed by atoms with van der Waals surface area (Å²) in [4.78, 5) is 24.8. The van der Waals surface area contributed by atoms with Crippen molar-refractivity contribution in [3.63, 3.8) is 0 Å². The molecule has 1 fully saturated rings. The van der Waals surface area contributed by atoms with E-state index in [2.05, 4.69) is 49.3 Å². The Labute approximate surface area is 204 Å². The summed E-state index contributed by atoms with van der Waals surface area (Å²) in [5, 5.41) is 3.45. The molecule has 0 radical (unpaired) electrons. The first kappa shape index (κ1) is 27.4. The maximum absolute atomic E-state index is 12.0. The number of rotatable bonds is 9. The molecule has 0 saturated carbocycles. The lowest BCUT2D eigenvalue weighted by molar-refractivity contribution is -0.127. The Hall–Kier alpha value is -1.59. The molecule has 0 bridgehead atoms. The number of hydrogen-bond donors (Lipinski definition) is 1. The number of aliphatic imine (C=N–C) groups is 1. The Morgan fingerprint density at radius 3 is 2.52 bits per heavy atom. The molecule has 1 heterocycles. The summed E-state index contributed by atoms with van der Waals surface area (Å²) in [5.41, 5.74) is 2.37. The van der Waals surface area contributed by atoms with Crippen LogP contribution in [0.25, 0.3) is 0 Å². The second kappa shape index (κ2) is 14.5. The number of anilines is 1. The molecular weight excluding hydrogens is 507 g/mol. The van der Waals surface area contributed by atoms with Gasteiger partial charge in [0.25, 0.3) is 0 Å². The molecule has 0 unspecified atom stereocenters. The molecule has 0 atom stereocenters. The van der Waals surface area contributed by atoms with Crippen LogP contribution in [0.2, 0.25) is 0 Å². The minimum atomic E-state index is -0.00868. The van der Waals surface area contributed by atoms with Crippen molar-refractivity contribution in [1.29, 1.82) is 0 Å². The Morgan fingerprint density at radius 1 is 1.16 bits per heavy atom. The molecule has 2 rings (SSSR count). The van der Waals surface area contributed by atoms with Crippen LogP contribution in [-0.2, 0) is 16.1 Å². The normalized spacial score (nSPS) is 14.5. The van der Waals surface area contributed by atoms with Gasteiger partial charge in [-0.1, -0.05) is 12.1 Å². The lowest BCUT2D eigenvalue weighted by Gasteiger charge is -2.27. The Kier molecular flexibility index (Phi) is 12.8. The van der Waals surface area contributed by atoms with E-state index in [-0.39, 0.29) is 36.4 Å². The number of likely N-dealkylation sites (N-methyl/N-ethyl adjacent to an activating group) is 1. The number of nitrogens with one attached hydrogen (secondary N) is 1. The lowest BCUT2D eigenvalue weighted by atomic mass is 10.2. The van der Waals surface area contributed by atoms with Crippen LogP contribution in [0.15, 0.2) is 29.3 Å². The predicted molar refractivity (Wildman–Crippen MR) is 139 cm³/mol. The quantitative estimate of drug-likeness (QED) is 0.220. The van der Waals surface area contributed by atoms with Gasteiger partial charge in [-0.3, -0.25) is 9.69 Å². The van der Waals surface area contributed by atoms with E-state index in [4.69, 9.17) is 4.74 Å². The number of morpholine rings is 1. The highest BCUT2D eigenvalue weighted by Crippen LogP contribution is 2.14. The van der Waals surface area contributed by atoms with Crippen molar-refractivity contribution >= 4 is 41.5 Å². The first-order valence-corrected chi connectivity index (χ1v) is 10.6. The van der Waals surface area contributed by atoms with Gasteiger partial charge in [0.1, 0.15) is 6.54 Å².